The number of aromatic nitrogens is 2. The average molecular weight is 219 g/mol. The molecule has 0 amide bonds. The summed E-state index contributed by atoms with van der Waals surface area (Å²) in [6, 6.07) is 0. The van der Waals surface area contributed by atoms with E-state index in [-0.39, 0.29) is 11.6 Å². The minimum absolute atomic E-state index is 0.143. The molecular formula is C9H12F3N3. The molecule has 15 heavy (non-hydrogen) atoms. The van der Waals surface area contributed by atoms with Crippen molar-refractivity contribution < 1.29 is 13.2 Å². The molecule has 0 bridgehead atoms. The zero-order valence-electron chi connectivity index (χ0n) is 8.52. The summed E-state index contributed by atoms with van der Waals surface area (Å²) in [6.45, 7) is 3.49. The summed E-state index contributed by atoms with van der Waals surface area (Å²) in [5.74, 6) is -0.126. The number of rotatable bonds is 2. The molecule has 84 valence electrons. The van der Waals surface area contributed by atoms with Crippen molar-refractivity contribution in [2.75, 3.05) is 5.73 Å². The first kappa shape index (κ1) is 11.7. The van der Waals surface area contributed by atoms with Gasteiger partial charge in [0.25, 0.3) is 0 Å². The topological polar surface area (TPSA) is 51.8 Å². The fraction of sp³-hybridized carbons (Fsp3) is 0.556. The molecule has 0 spiro atoms. The standard InChI is InChI=1S/C9H12F3N3/c1-3-6-5(2)14-7(15-8(6)13)4-9(10,11)12/h3-4H2,1-2H3,(H2,13,14,15). The first-order valence-electron chi connectivity index (χ1n) is 4.52. The van der Waals surface area contributed by atoms with E-state index in [1.165, 1.54) is 0 Å². The van der Waals surface area contributed by atoms with Gasteiger partial charge in [-0.1, -0.05) is 6.92 Å². The van der Waals surface area contributed by atoms with Gasteiger partial charge < -0.3 is 5.73 Å². The van der Waals surface area contributed by atoms with Gasteiger partial charge >= 0.3 is 6.18 Å². The van der Waals surface area contributed by atoms with Gasteiger partial charge in [0.15, 0.2) is 0 Å². The summed E-state index contributed by atoms with van der Waals surface area (Å²) < 4.78 is 36.2. The van der Waals surface area contributed by atoms with Crippen molar-refractivity contribution in [3.8, 4) is 0 Å². The molecule has 0 atom stereocenters. The molecule has 3 nitrogen and oxygen atoms in total. The van der Waals surface area contributed by atoms with Crippen molar-refractivity contribution in [1.29, 1.82) is 0 Å². The Balaban J connectivity index is 3.04. The van der Waals surface area contributed by atoms with E-state index < -0.39 is 12.6 Å². The third kappa shape index (κ3) is 3.07. The average Bonchev–Trinajstić information content (AvgIpc) is 1.99. The van der Waals surface area contributed by atoms with Gasteiger partial charge in [-0.2, -0.15) is 13.2 Å². The molecule has 1 aromatic rings. The Bertz CT molecular complexity index is 337. The highest BCUT2D eigenvalue weighted by Gasteiger charge is 2.29. The van der Waals surface area contributed by atoms with Crippen LogP contribution in [-0.4, -0.2) is 16.1 Å². The van der Waals surface area contributed by atoms with E-state index in [1.807, 2.05) is 6.92 Å². The Morgan fingerprint density at radius 1 is 1.27 bits per heavy atom. The van der Waals surface area contributed by atoms with Crippen LogP contribution in [0.3, 0.4) is 0 Å². The van der Waals surface area contributed by atoms with E-state index >= 15 is 0 Å². The first-order valence-corrected chi connectivity index (χ1v) is 4.52. The maximum Gasteiger partial charge on any atom is 0.396 e. The molecule has 0 aliphatic carbocycles. The SMILES string of the molecule is CCc1c(C)nc(CC(F)(F)F)nc1N. The second-order valence-electron chi connectivity index (χ2n) is 3.23. The Labute approximate surface area is 85.5 Å². The fourth-order valence-electron chi connectivity index (χ4n) is 1.37. The second-order valence-corrected chi connectivity index (χ2v) is 3.23. The predicted molar refractivity (Wildman–Crippen MR) is 50.3 cm³/mol. The van der Waals surface area contributed by atoms with E-state index in [0.29, 0.717) is 17.7 Å². The molecule has 0 unspecified atom stereocenters. The van der Waals surface area contributed by atoms with E-state index in [9.17, 15) is 13.2 Å². The van der Waals surface area contributed by atoms with Crippen molar-refractivity contribution in [3.63, 3.8) is 0 Å². The molecule has 0 saturated carbocycles. The monoisotopic (exact) mass is 219 g/mol. The Morgan fingerprint density at radius 3 is 2.27 bits per heavy atom. The Kier molecular flexibility index (Phi) is 3.16. The summed E-state index contributed by atoms with van der Waals surface area (Å²) in [5, 5.41) is 0. The number of hydrogen-bond donors (Lipinski definition) is 1. The molecule has 6 heteroatoms. The number of aryl methyl sites for hydroxylation is 1. The summed E-state index contributed by atoms with van der Waals surface area (Å²) >= 11 is 0. The van der Waals surface area contributed by atoms with Crippen LogP contribution in [0.15, 0.2) is 0 Å². The fourth-order valence-corrected chi connectivity index (χ4v) is 1.37. The maximum atomic E-state index is 12.1. The van der Waals surface area contributed by atoms with Gasteiger partial charge in [0.05, 0.1) is 0 Å². The van der Waals surface area contributed by atoms with Gasteiger partial charge in [0.2, 0.25) is 0 Å². The van der Waals surface area contributed by atoms with E-state index in [4.69, 9.17) is 5.73 Å². The molecule has 2 N–H and O–H groups in total. The number of nitrogens with two attached hydrogens (primary N) is 1. The smallest absolute Gasteiger partial charge is 0.383 e. The van der Waals surface area contributed by atoms with Crippen LogP contribution in [0.2, 0.25) is 0 Å². The van der Waals surface area contributed by atoms with Crippen LogP contribution in [0.1, 0.15) is 24.0 Å². The number of nitrogens with zero attached hydrogens (tertiary/aromatic N) is 2. The van der Waals surface area contributed by atoms with Crippen LogP contribution in [0.25, 0.3) is 0 Å². The molecule has 0 aliphatic rings. The highest BCUT2D eigenvalue weighted by atomic mass is 19.4. The van der Waals surface area contributed by atoms with Gasteiger partial charge in [-0.05, 0) is 13.3 Å². The van der Waals surface area contributed by atoms with Gasteiger partial charge in [-0.3, -0.25) is 0 Å². The lowest BCUT2D eigenvalue weighted by molar-refractivity contribution is -0.128. The number of nitrogen functional groups attached to an aromatic ring is 1. The molecule has 0 aliphatic heterocycles. The lowest BCUT2D eigenvalue weighted by Crippen LogP contribution is -2.16. The lowest BCUT2D eigenvalue weighted by Gasteiger charge is -2.10. The van der Waals surface area contributed by atoms with Crippen LogP contribution in [0.5, 0.6) is 0 Å². The quantitative estimate of drug-likeness (QED) is 0.828. The number of alkyl halides is 3. The summed E-state index contributed by atoms with van der Waals surface area (Å²) in [5.41, 5.74) is 6.76. The zero-order chi connectivity index (χ0) is 11.6. The summed E-state index contributed by atoms with van der Waals surface area (Å²) in [6.07, 6.45) is -4.82. The molecule has 0 radical (unpaired) electrons. The van der Waals surface area contributed by atoms with Gasteiger partial charge in [0, 0.05) is 11.3 Å². The molecule has 1 aromatic heterocycles. The van der Waals surface area contributed by atoms with E-state index in [2.05, 4.69) is 9.97 Å². The summed E-state index contributed by atoms with van der Waals surface area (Å²) in [7, 11) is 0. The Hall–Kier alpha value is -1.33. The minimum atomic E-state index is -4.30. The van der Waals surface area contributed by atoms with Gasteiger partial charge in [-0.25, -0.2) is 9.97 Å². The summed E-state index contributed by atoms with van der Waals surface area (Å²) in [4.78, 5) is 7.42. The minimum Gasteiger partial charge on any atom is -0.383 e. The van der Waals surface area contributed by atoms with Crippen molar-refractivity contribution in [3.05, 3.63) is 17.1 Å². The number of hydrogen-bond acceptors (Lipinski definition) is 3. The van der Waals surface area contributed by atoms with Crippen LogP contribution in [-0.2, 0) is 12.8 Å². The molecule has 1 rings (SSSR count). The molecule has 1 heterocycles. The second kappa shape index (κ2) is 4.04. The molecule has 0 saturated heterocycles. The highest BCUT2D eigenvalue weighted by molar-refractivity contribution is 5.41. The van der Waals surface area contributed by atoms with Crippen LogP contribution in [0, 0.1) is 6.92 Å². The first-order chi connectivity index (χ1) is 6.83. The zero-order valence-corrected chi connectivity index (χ0v) is 8.52. The van der Waals surface area contributed by atoms with Crippen LogP contribution in [0.4, 0.5) is 19.0 Å². The van der Waals surface area contributed by atoms with Gasteiger partial charge in [-0.15, -0.1) is 0 Å². The highest BCUT2D eigenvalue weighted by Crippen LogP contribution is 2.21. The Morgan fingerprint density at radius 2 is 1.87 bits per heavy atom. The third-order valence-corrected chi connectivity index (χ3v) is 2.00. The largest absolute Gasteiger partial charge is 0.396 e. The van der Waals surface area contributed by atoms with Crippen molar-refractivity contribution >= 4 is 5.82 Å². The van der Waals surface area contributed by atoms with Crippen LogP contribution < -0.4 is 5.73 Å². The van der Waals surface area contributed by atoms with E-state index in [0.717, 1.165) is 0 Å². The normalized spacial score (nSPS) is 11.8. The van der Waals surface area contributed by atoms with Gasteiger partial charge in [0.1, 0.15) is 18.1 Å². The van der Waals surface area contributed by atoms with Crippen molar-refractivity contribution in [1.82, 2.24) is 9.97 Å². The maximum absolute atomic E-state index is 12.1. The van der Waals surface area contributed by atoms with Crippen LogP contribution >= 0.6 is 0 Å². The van der Waals surface area contributed by atoms with E-state index in [1.54, 1.807) is 6.92 Å². The molecule has 0 aromatic carbocycles. The number of anilines is 1. The lowest BCUT2D eigenvalue weighted by atomic mass is 10.1. The van der Waals surface area contributed by atoms with Crippen molar-refractivity contribution in [2.45, 2.75) is 32.9 Å². The number of halogens is 3. The predicted octanol–water partition coefficient (Wildman–Crippen LogP) is 2.03. The van der Waals surface area contributed by atoms with Crippen molar-refractivity contribution in [2.24, 2.45) is 0 Å². The molecule has 0 fully saturated rings. The molecular weight excluding hydrogens is 207 g/mol. The third-order valence-electron chi connectivity index (χ3n) is 2.00.